The van der Waals surface area contributed by atoms with E-state index in [4.69, 9.17) is 10.5 Å². The normalized spacial score (nSPS) is 12.8. The molecule has 0 amide bonds. The molecule has 0 aliphatic rings. The van der Waals surface area contributed by atoms with Crippen LogP contribution in [0, 0.1) is 6.92 Å². The van der Waals surface area contributed by atoms with Gasteiger partial charge in [-0.15, -0.1) is 0 Å². The lowest BCUT2D eigenvalue weighted by molar-refractivity contribution is 0.0699. The van der Waals surface area contributed by atoms with E-state index in [1.54, 1.807) is 6.20 Å². The molecule has 1 heterocycles. The number of rotatable bonds is 3. The maximum atomic E-state index is 5.60. The van der Waals surface area contributed by atoms with E-state index in [-0.39, 0.29) is 6.10 Å². The van der Waals surface area contributed by atoms with Crippen molar-refractivity contribution in [3.8, 4) is 0 Å². The monoisotopic (exact) mass is 181 g/mol. The second-order valence-electron chi connectivity index (χ2n) is 2.87. The molecule has 13 heavy (non-hydrogen) atoms. The lowest BCUT2D eigenvalue weighted by atomic mass is 10.3. The number of nitrogens with two attached hydrogens (primary N) is 1. The number of anilines is 1. The van der Waals surface area contributed by atoms with Crippen LogP contribution in [0.25, 0.3) is 0 Å². The van der Waals surface area contributed by atoms with Gasteiger partial charge < -0.3 is 10.5 Å². The van der Waals surface area contributed by atoms with Crippen molar-refractivity contribution >= 4 is 5.69 Å². The third-order valence-corrected chi connectivity index (χ3v) is 1.82. The first-order valence-electron chi connectivity index (χ1n) is 4.35. The fourth-order valence-electron chi connectivity index (χ4n) is 1.01. The number of ether oxygens (including phenoxy) is 1. The van der Waals surface area contributed by atoms with Crippen LogP contribution >= 0.6 is 0 Å². The van der Waals surface area contributed by atoms with E-state index in [1.165, 1.54) is 0 Å². The summed E-state index contributed by atoms with van der Waals surface area (Å²) in [6.07, 6.45) is 1.55. The van der Waals surface area contributed by atoms with Gasteiger partial charge in [-0.25, -0.2) is 9.97 Å². The Balaban J connectivity index is 2.84. The van der Waals surface area contributed by atoms with E-state index in [1.807, 2.05) is 20.8 Å². The Morgan fingerprint density at radius 1 is 1.62 bits per heavy atom. The molecule has 0 aliphatic heterocycles. The van der Waals surface area contributed by atoms with Gasteiger partial charge in [-0.3, -0.25) is 0 Å². The number of hydrogen-bond acceptors (Lipinski definition) is 4. The smallest absolute Gasteiger partial charge is 0.157 e. The van der Waals surface area contributed by atoms with Gasteiger partial charge >= 0.3 is 0 Å². The summed E-state index contributed by atoms with van der Waals surface area (Å²) in [6.45, 7) is 6.39. The van der Waals surface area contributed by atoms with E-state index >= 15 is 0 Å². The summed E-state index contributed by atoms with van der Waals surface area (Å²) in [5.74, 6) is 0.688. The van der Waals surface area contributed by atoms with Gasteiger partial charge in [-0.2, -0.15) is 0 Å². The third-order valence-electron chi connectivity index (χ3n) is 1.82. The summed E-state index contributed by atoms with van der Waals surface area (Å²) in [7, 11) is 0. The van der Waals surface area contributed by atoms with Crippen LogP contribution in [0.1, 0.15) is 31.5 Å². The molecular weight excluding hydrogens is 166 g/mol. The molecule has 2 N–H and O–H groups in total. The Hall–Kier alpha value is -1.16. The molecule has 4 nitrogen and oxygen atoms in total. The highest BCUT2D eigenvalue weighted by atomic mass is 16.5. The van der Waals surface area contributed by atoms with Crippen LogP contribution in [0.4, 0.5) is 5.69 Å². The molecule has 0 aliphatic carbocycles. The van der Waals surface area contributed by atoms with Crippen LogP contribution < -0.4 is 5.73 Å². The summed E-state index contributed by atoms with van der Waals surface area (Å²) < 4.78 is 5.36. The zero-order valence-electron chi connectivity index (χ0n) is 8.24. The summed E-state index contributed by atoms with van der Waals surface area (Å²) in [6, 6.07) is 0. The highest BCUT2D eigenvalue weighted by Gasteiger charge is 2.08. The zero-order valence-corrected chi connectivity index (χ0v) is 8.24. The lowest BCUT2D eigenvalue weighted by Gasteiger charge is -2.10. The summed E-state index contributed by atoms with van der Waals surface area (Å²) in [4.78, 5) is 8.33. The predicted octanol–water partition coefficient (Wildman–Crippen LogP) is 1.46. The van der Waals surface area contributed by atoms with Gasteiger partial charge in [-0.05, 0) is 20.8 Å². The Kier molecular flexibility index (Phi) is 3.19. The van der Waals surface area contributed by atoms with Crippen LogP contribution in [-0.2, 0) is 4.74 Å². The number of nitrogen functional groups attached to an aromatic ring is 1. The van der Waals surface area contributed by atoms with Gasteiger partial charge in [-0.1, -0.05) is 0 Å². The first-order valence-corrected chi connectivity index (χ1v) is 4.35. The minimum Gasteiger partial charge on any atom is -0.396 e. The molecule has 0 bridgehead atoms. The van der Waals surface area contributed by atoms with Crippen molar-refractivity contribution < 1.29 is 4.74 Å². The number of hydrogen-bond donors (Lipinski definition) is 1. The molecule has 1 unspecified atom stereocenters. The third kappa shape index (κ3) is 2.39. The topological polar surface area (TPSA) is 61.0 Å². The van der Waals surface area contributed by atoms with E-state index in [9.17, 15) is 0 Å². The van der Waals surface area contributed by atoms with E-state index in [0.717, 1.165) is 5.69 Å². The second-order valence-corrected chi connectivity index (χ2v) is 2.87. The SMILES string of the molecule is CCOC(C)c1ncc(N)c(C)n1. The Labute approximate surface area is 78.1 Å². The minimum atomic E-state index is -0.0655. The summed E-state index contributed by atoms with van der Waals surface area (Å²) in [5.41, 5.74) is 7.02. The van der Waals surface area contributed by atoms with E-state index < -0.39 is 0 Å². The molecule has 1 rings (SSSR count). The van der Waals surface area contributed by atoms with Crippen LogP contribution in [0.5, 0.6) is 0 Å². The standard InChI is InChI=1S/C9H15N3O/c1-4-13-7(3)9-11-5-8(10)6(2)12-9/h5,7H,4,10H2,1-3H3. The van der Waals surface area contributed by atoms with Crippen molar-refractivity contribution in [1.29, 1.82) is 0 Å². The van der Waals surface area contributed by atoms with Gasteiger partial charge in [0.2, 0.25) is 0 Å². The molecule has 0 fully saturated rings. The molecule has 0 aromatic carbocycles. The summed E-state index contributed by atoms with van der Waals surface area (Å²) >= 11 is 0. The van der Waals surface area contributed by atoms with Crippen LogP contribution in [0.15, 0.2) is 6.20 Å². The molecule has 1 atom stereocenters. The van der Waals surface area contributed by atoms with Crippen molar-refractivity contribution in [2.75, 3.05) is 12.3 Å². The Morgan fingerprint density at radius 2 is 2.31 bits per heavy atom. The molecule has 0 spiro atoms. The maximum Gasteiger partial charge on any atom is 0.157 e. The number of aromatic nitrogens is 2. The summed E-state index contributed by atoms with van der Waals surface area (Å²) in [5, 5.41) is 0. The van der Waals surface area contributed by atoms with E-state index in [2.05, 4.69) is 9.97 Å². The Bertz CT molecular complexity index is 288. The number of aryl methyl sites for hydroxylation is 1. The van der Waals surface area contributed by atoms with Crippen molar-refractivity contribution in [3.63, 3.8) is 0 Å². The first-order chi connectivity index (χ1) is 6.15. The van der Waals surface area contributed by atoms with Gasteiger partial charge in [0, 0.05) is 6.61 Å². The maximum absolute atomic E-state index is 5.60. The van der Waals surface area contributed by atoms with Gasteiger partial charge in [0.1, 0.15) is 6.10 Å². The molecule has 1 aromatic heterocycles. The Morgan fingerprint density at radius 3 is 2.85 bits per heavy atom. The molecule has 0 saturated heterocycles. The van der Waals surface area contributed by atoms with Crippen LogP contribution in [-0.4, -0.2) is 16.6 Å². The van der Waals surface area contributed by atoms with E-state index in [0.29, 0.717) is 18.1 Å². The highest BCUT2D eigenvalue weighted by molar-refractivity contribution is 5.39. The van der Waals surface area contributed by atoms with Gasteiger partial charge in [0.05, 0.1) is 17.6 Å². The highest BCUT2D eigenvalue weighted by Crippen LogP contribution is 2.14. The zero-order chi connectivity index (χ0) is 9.84. The lowest BCUT2D eigenvalue weighted by Crippen LogP contribution is -2.07. The minimum absolute atomic E-state index is 0.0655. The fraction of sp³-hybridized carbons (Fsp3) is 0.556. The quantitative estimate of drug-likeness (QED) is 0.767. The van der Waals surface area contributed by atoms with Crippen molar-refractivity contribution in [3.05, 3.63) is 17.7 Å². The van der Waals surface area contributed by atoms with Crippen molar-refractivity contribution in [2.45, 2.75) is 26.9 Å². The van der Waals surface area contributed by atoms with Gasteiger partial charge in [0.15, 0.2) is 5.82 Å². The molecule has 72 valence electrons. The average molecular weight is 181 g/mol. The van der Waals surface area contributed by atoms with Crippen LogP contribution in [0.2, 0.25) is 0 Å². The van der Waals surface area contributed by atoms with Gasteiger partial charge in [0.25, 0.3) is 0 Å². The molecule has 4 heteroatoms. The fourth-order valence-corrected chi connectivity index (χ4v) is 1.01. The predicted molar refractivity (Wildman–Crippen MR) is 51.2 cm³/mol. The average Bonchev–Trinajstić information content (AvgIpc) is 2.10. The molecular formula is C9H15N3O. The first kappa shape index (κ1) is 9.92. The molecule has 0 saturated carbocycles. The number of nitrogens with zero attached hydrogens (tertiary/aromatic N) is 2. The van der Waals surface area contributed by atoms with Crippen LogP contribution in [0.3, 0.4) is 0 Å². The van der Waals surface area contributed by atoms with Crippen molar-refractivity contribution in [2.24, 2.45) is 0 Å². The second kappa shape index (κ2) is 4.18. The molecule has 0 radical (unpaired) electrons. The molecule has 1 aromatic rings. The van der Waals surface area contributed by atoms with Crippen molar-refractivity contribution in [1.82, 2.24) is 9.97 Å². The largest absolute Gasteiger partial charge is 0.396 e.